The van der Waals surface area contributed by atoms with Gasteiger partial charge in [-0.05, 0) is 29.8 Å². The molecule has 4 rings (SSSR count). The number of halogens is 3. The zero-order chi connectivity index (χ0) is 16.7. The molecule has 0 unspecified atom stereocenters. The van der Waals surface area contributed by atoms with E-state index in [1.54, 1.807) is 12.1 Å². The summed E-state index contributed by atoms with van der Waals surface area (Å²) in [6.45, 7) is 1.13. The van der Waals surface area contributed by atoms with Crippen LogP contribution < -0.4 is 10.1 Å². The SMILES string of the molecule is FC(F)c1nnc2ccc(NCc3cc(Br)cc4c3OCC4)nn12. The van der Waals surface area contributed by atoms with Gasteiger partial charge < -0.3 is 10.1 Å². The summed E-state index contributed by atoms with van der Waals surface area (Å²) in [5.41, 5.74) is 2.42. The second-order valence-corrected chi connectivity index (χ2v) is 6.27. The van der Waals surface area contributed by atoms with Crippen LogP contribution >= 0.6 is 15.9 Å². The van der Waals surface area contributed by atoms with Crippen LogP contribution in [0.1, 0.15) is 23.4 Å². The molecule has 124 valence electrons. The number of nitrogens with one attached hydrogen (secondary N) is 1. The molecule has 0 aliphatic carbocycles. The molecule has 6 nitrogen and oxygen atoms in total. The van der Waals surface area contributed by atoms with Gasteiger partial charge in [-0.1, -0.05) is 15.9 Å². The van der Waals surface area contributed by atoms with Crippen LogP contribution in [0.4, 0.5) is 14.6 Å². The van der Waals surface area contributed by atoms with Crippen LogP contribution in [-0.2, 0) is 13.0 Å². The summed E-state index contributed by atoms with van der Waals surface area (Å²) in [6.07, 6.45) is -1.85. The monoisotopic (exact) mass is 395 g/mol. The number of nitrogens with zero attached hydrogens (tertiary/aromatic N) is 4. The summed E-state index contributed by atoms with van der Waals surface area (Å²) in [7, 11) is 0. The summed E-state index contributed by atoms with van der Waals surface area (Å²) < 4.78 is 33.5. The van der Waals surface area contributed by atoms with E-state index in [2.05, 4.69) is 36.5 Å². The van der Waals surface area contributed by atoms with Gasteiger partial charge in [0.05, 0.1) is 6.61 Å². The minimum atomic E-state index is -2.73. The maximum atomic E-state index is 12.9. The Morgan fingerprint density at radius 1 is 1.29 bits per heavy atom. The molecule has 24 heavy (non-hydrogen) atoms. The third-order valence-corrected chi connectivity index (χ3v) is 4.23. The summed E-state index contributed by atoms with van der Waals surface area (Å²) in [5.74, 6) is 0.862. The van der Waals surface area contributed by atoms with Gasteiger partial charge in [0, 0.05) is 23.0 Å². The van der Waals surface area contributed by atoms with Gasteiger partial charge in [0.15, 0.2) is 5.65 Å². The summed E-state index contributed by atoms with van der Waals surface area (Å²) in [5, 5.41) is 14.4. The molecular weight excluding hydrogens is 384 g/mol. The van der Waals surface area contributed by atoms with Crippen molar-refractivity contribution in [2.45, 2.75) is 19.4 Å². The number of aromatic nitrogens is 4. The maximum Gasteiger partial charge on any atom is 0.299 e. The zero-order valence-electron chi connectivity index (χ0n) is 12.3. The highest BCUT2D eigenvalue weighted by molar-refractivity contribution is 9.10. The van der Waals surface area contributed by atoms with Gasteiger partial charge in [0.2, 0.25) is 5.82 Å². The molecule has 0 amide bonds. The van der Waals surface area contributed by atoms with E-state index in [9.17, 15) is 8.78 Å². The van der Waals surface area contributed by atoms with E-state index in [4.69, 9.17) is 4.74 Å². The number of hydrogen-bond acceptors (Lipinski definition) is 5. The van der Waals surface area contributed by atoms with Crippen molar-refractivity contribution in [3.63, 3.8) is 0 Å². The highest BCUT2D eigenvalue weighted by atomic mass is 79.9. The van der Waals surface area contributed by atoms with Gasteiger partial charge in [-0.15, -0.1) is 15.3 Å². The number of anilines is 1. The number of fused-ring (bicyclic) bond motifs is 2. The first kappa shape index (κ1) is 15.3. The van der Waals surface area contributed by atoms with Crippen molar-refractivity contribution in [3.8, 4) is 5.75 Å². The molecule has 1 aromatic carbocycles. The molecule has 3 heterocycles. The molecule has 1 N–H and O–H groups in total. The van der Waals surface area contributed by atoms with Gasteiger partial charge >= 0.3 is 0 Å². The molecule has 3 aromatic rings. The standard InChI is InChI=1S/C15H12BrF2N5O/c16-10-5-8-3-4-24-13(8)9(6-10)7-19-11-1-2-12-20-21-15(14(17)18)23(12)22-11/h1-2,5-6,14H,3-4,7H2,(H,19,22). The Balaban J connectivity index is 1.60. The zero-order valence-corrected chi connectivity index (χ0v) is 13.9. The first-order valence-electron chi connectivity index (χ1n) is 7.30. The lowest BCUT2D eigenvalue weighted by molar-refractivity contribution is 0.137. The molecule has 0 spiro atoms. The molecule has 0 saturated carbocycles. The third-order valence-electron chi connectivity index (χ3n) is 3.77. The molecule has 9 heteroatoms. The highest BCUT2D eigenvalue weighted by Crippen LogP contribution is 2.33. The fourth-order valence-corrected chi connectivity index (χ4v) is 3.25. The lowest BCUT2D eigenvalue weighted by atomic mass is 10.1. The van der Waals surface area contributed by atoms with Crippen molar-refractivity contribution in [2.75, 3.05) is 11.9 Å². The molecule has 0 bridgehead atoms. The van der Waals surface area contributed by atoms with Crippen molar-refractivity contribution in [1.82, 2.24) is 19.8 Å². The number of benzene rings is 1. The Hall–Kier alpha value is -2.29. The average Bonchev–Trinajstić information content (AvgIpc) is 3.18. The fraction of sp³-hybridized carbons (Fsp3) is 0.267. The molecular formula is C15H12BrF2N5O. The first-order chi connectivity index (χ1) is 11.6. The molecule has 2 aromatic heterocycles. The second-order valence-electron chi connectivity index (χ2n) is 5.35. The number of alkyl halides is 2. The lowest BCUT2D eigenvalue weighted by Crippen LogP contribution is -2.07. The minimum Gasteiger partial charge on any atom is -0.493 e. The quantitative estimate of drug-likeness (QED) is 0.733. The Labute approximate surface area is 144 Å². The van der Waals surface area contributed by atoms with Crippen LogP contribution in [0.15, 0.2) is 28.7 Å². The van der Waals surface area contributed by atoms with E-state index < -0.39 is 12.2 Å². The van der Waals surface area contributed by atoms with E-state index in [1.165, 1.54) is 0 Å². The van der Waals surface area contributed by atoms with Crippen LogP contribution in [0.25, 0.3) is 5.65 Å². The first-order valence-corrected chi connectivity index (χ1v) is 8.09. The molecule has 0 atom stereocenters. The predicted octanol–water partition coefficient (Wildman–Crippen LogP) is 3.37. The molecule has 1 aliphatic rings. The normalized spacial score (nSPS) is 13.3. The van der Waals surface area contributed by atoms with E-state index in [1.807, 2.05) is 12.1 Å². The van der Waals surface area contributed by atoms with Crippen molar-refractivity contribution in [2.24, 2.45) is 0 Å². The minimum absolute atomic E-state index is 0.280. The number of ether oxygens (including phenoxy) is 1. The Morgan fingerprint density at radius 3 is 3.00 bits per heavy atom. The predicted molar refractivity (Wildman–Crippen MR) is 86.4 cm³/mol. The van der Waals surface area contributed by atoms with Crippen molar-refractivity contribution < 1.29 is 13.5 Å². The Kier molecular flexibility index (Phi) is 3.79. The Bertz CT molecular complexity index is 914. The summed E-state index contributed by atoms with van der Waals surface area (Å²) in [6, 6.07) is 7.29. The molecule has 0 saturated heterocycles. The Morgan fingerprint density at radius 2 is 2.17 bits per heavy atom. The number of rotatable bonds is 4. The fourth-order valence-electron chi connectivity index (χ4n) is 2.70. The van der Waals surface area contributed by atoms with Crippen molar-refractivity contribution in [1.29, 1.82) is 0 Å². The van der Waals surface area contributed by atoms with Crippen molar-refractivity contribution in [3.05, 3.63) is 45.7 Å². The van der Waals surface area contributed by atoms with E-state index in [0.29, 0.717) is 19.0 Å². The topological polar surface area (TPSA) is 64.3 Å². The number of hydrogen-bond donors (Lipinski definition) is 1. The summed E-state index contributed by atoms with van der Waals surface area (Å²) in [4.78, 5) is 0. The highest BCUT2D eigenvalue weighted by Gasteiger charge is 2.19. The van der Waals surface area contributed by atoms with Crippen molar-refractivity contribution >= 4 is 27.4 Å². The second kappa shape index (κ2) is 5.97. The molecule has 0 fully saturated rings. The van der Waals surface area contributed by atoms with Gasteiger partial charge in [-0.2, -0.15) is 4.52 Å². The molecule has 1 aliphatic heterocycles. The van der Waals surface area contributed by atoms with Crippen LogP contribution in [0.2, 0.25) is 0 Å². The lowest BCUT2D eigenvalue weighted by Gasteiger charge is -2.11. The smallest absolute Gasteiger partial charge is 0.299 e. The van der Waals surface area contributed by atoms with E-state index in [0.717, 1.165) is 32.3 Å². The van der Waals surface area contributed by atoms with Gasteiger partial charge in [-0.25, -0.2) is 8.78 Å². The van der Waals surface area contributed by atoms with E-state index in [-0.39, 0.29) is 5.65 Å². The van der Waals surface area contributed by atoms with Crippen LogP contribution in [0.3, 0.4) is 0 Å². The average molecular weight is 396 g/mol. The van der Waals surface area contributed by atoms with Crippen LogP contribution in [-0.4, -0.2) is 26.4 Å². The van der Waals surface area contributed by atoms with Gasteiger partial charge in [0.1, 0.15) is 11.6 Å². The van der Waals surface area contributed by atoms with Gasteiger partial charge in [0.25, 0.3) is 6.43 Å². The van der Waals surface area contributed by atoms with Gasteiger partial charge in [-0.3, -0.25) is 0 Å². The third kappa shape index (κ3) is 2.68. The summed E-state index contributed by atoms with van der Waals surface area (Å²) >= 11 is 3.49. The maximum absolute atomic E-state index is 12.9. The largest absolute Gasteiger partial charge is 0.493 e. The van der Waals surface area contributed by atoms with E-state index >= 15 is 0 Å². The van der Waals surface area contributed by atoms with Crippen LogP contribution in [0, 0.1) is 0 Å². The molecule has 0 radical (unpaired) electrons. The van der Waals surface area contributed by atoms with Crippen LogP contribution in [0.5, 0.6) is 5.75 Å².